The number of fused-ring (bicyclic) bond motifs is 1. The SMILES string of the molecule is COc1ccc2cc(C(=O)N3CCN(C(=O)C(NC(=O)OC(C)(C)C)C4CCCCC4)[C@@H](C)C3)n(C)c2c1. The monoisotopic (exact) mass is 526 g/mol. The van der Waals surface area contributed by atoms with Gasteiger partial charge in [-0.05, 0) is 64.7 Å². The Balaban J connectivity index is 1.47. The fourth-order valence-electron chi connectivity index (χ4n) is 5.74. The van der Waals surface area contributed by atoms with E-state index in [1.54, 1.807) is 7.11 Å². The van der Waals surface area contributed by atoms with Crippen LogP contribution in [0.3, 0.4) is 0 Å². The highest BCUT2D eigenvalue weighted by Gasteiger charge is 2.39. The van der Waals surface area contributed by atoms with Crippen molar-refractivity contribution in [3.8, 4) is 5.75 Å². The van der Waals surface area contributed by atoms with Gasteiger partial charge in [0, 0.05) is 44.2 Å². The third-order valence-corrected chi connectivity index (χ3v) is 7.73. The summed E-state index contributed by atoms with van der Waals surface area (Å²) in [4.78, 5) is 43.6. The lowest BCUT2D eigenvalue weighted by Gasteiger charge is -2.42. The second-order valence-electron chi connectivity index (χ2n) is 11.7. The Morgan fingerprint density at radius 1 is 1.05 bits per heavy atom. The number of alkyl carbamates (subject to hydrolysis) is 1. The number of amides is 3. The minimum Gasteiger partial charge on any atom is -0.497 e. The number of benzene rings is 1. The van der Waals surface area contributed by atoms with Crippen molar-refractivity contribution in [3.63, 3.8) is 0 Å². The molecule has 1 aliphatic heterocycles. The average Bonchev–Trinajstić information content (AvgIpc) is 3.21. The Hall–Kier alpha value is -3.23. The molecule has 4 rings (SSSR count). The van der Waals surface area contributed by atoms with Crippen molar-refractivity contribution in [1.82, 2.24) is 19.7 Å². The lowest BCUT2D eigenvalue weighted by atomic mass is 9.83. The molecule has 1 aliphatic carbocycles. The van der Waals surface area contributed by atoms with E-state index >= 15 is 0 Å². The van der Waals surface area contributed by atoms with Crippen LogP contribution in [-0.4, -0.2) is 76.7 Å². The molecule has 38 heavy (non-hydrogen) atoms. The number of methoxy groups -OCH3 is 1. The van der Waals surface area contributed by atoms with Crippen LogP contribution in [0.2, 0.25) is 0 Å². The lowest BCUT2D eigenvalue weighted by molar-refractivity contribution is -0.139. The molecule has 0 spiro atoms. The predicted octanol–water partition coefficient (Wildman–Crippen LogP) is 4.33. The molecule has 208 valence electrons. The van der Waals surface area contributed by atoms with Crippen LogP contribution in [0.1, 0.15) is 70.3 Å². The average molecular weight is 527 g/mol. The van der Waals surface area contributed by atoms with E-state index in [-0.39, 0.29) is 23.8 Å². The van der Waals surface area contributed by atoms with E-state index in [9.17, 15) is 14.4 Å². The highest BCUT2D eigenvalue weighted by Crippen LogP contribution is 2.29. The normalized spacial score (nSPS) is 19.8. The standard InChI is InChI=1S/C29H42N4O5/c1-19-18-32(26(34)24-16-21-12-13-22(37-6)17-23(21)31(24)5)14-15-33(19)27(35)25(20-10-8-7-9-11-20)30-28(36)38-29(2,3)4/h12-13,16-17,19-20,25H,7-11,14-15,18H2,1-6H3,(H,30,36)/t19-,25?/m0/s1. The van der Waals surface area contributed by atoms with Gasteiger partial charge in [0.15, 0.2) is 0 Å². The highest BCUT2D eigenvalue weighted by molar-refractivity contribution is 5.99. The van der Waals surface area contributed by atoms with Gasteiger partial charge in [0.1, 0.15) is 23.1 Å². The third-order valence-electron chi connectivity index (χ3n) is 7.73. The predicted molar refractivity (Wildman–Crippen MR) is 146 cm³/mol. The molecule has 1 aromatic carbocycles. The van der Waals surface area contributed by atoms with E-state index in [1.807, 2.05) is 73.4 Å². The van der Waals surface area contributed by atoms with Gasteiger partial charge in [-0.25, -0.2) is 4.79 Å². The van der Waals surface area contributed by atoms with Gasteiger partial charge in [0.25, 0.3) is 5.91 Å². The number of hydrogen-bond donors (Lipinski definition) is 1. The van der Waals surface area contributed by atoms with E-state index in [0.717, 1.165) is 48.8 Å². The summed E-state index contributed by atoms with van der Waals surface area (Å²) in [6, 6.07) is 6.87. The van der Waals surface area contributed by atoms with Gasteiger partial charge in [-0.1, -0.05) is 19.3 Å². The number of carbonyl (C=O) groups excluding carboxylic acids is 3. The number of hydrogen-bond acceptors (Lipinski definition) is 5. The molecule has 2 aromatic rings. The molecule has 1 saturated carbocycles. The largest absolute Gasteiger partial charge is 0.497 e. The molecule has 9 nitrogen and oxygen atoms in total. The Bertz CT molecular complexity index is 1180. The van der Waals surface area contributed by atoms with Crippen molar-refractivity contribution >= 4 is 28.8 Å². The molecule has 2 heterocycles. The lowest BCUT2D eigenvalue weighted by Crippen LogP contribution is -2.61. The summed E-state index contributed by atoms with van der Waals surface area (Å²) in [5, 5.41) is 3.88. The summed E-state index contributed by atoms with van der Waals surface area (Å²) in [5.41, 5.74) is 0.890. The zero-order valence-corrected chi connectivity index (χ0v) is 23.6. The Morgan fingerprint density at radius 3 is 2.39 bits per heavy atom. The van der Waals surface area contributed by atoms with Crippen LogP contribution < -0.4 is 10.1 Å². The van der Waals surface area contributed by atoms with Crippen molar-refractivity contribution < 1.29 is 23.9 Å². The zero-order chi connectivity index (χ0) is 27.6. The van der Waals surface area contributed by atoms with Gasteiger partial charge in [-0.2, -0.15) is 0 Å². The summed E-state index contributed by atoms with van der Waals surface area (Å²) in [5.74, 6) is 0.686. The van der Waals surface area contributed by atoms with E-state index in [1.165, 1.54) is 0 Å². The van der Waals surface area contributed by atoms with Gasteiger partial charge in [-0.3, -0.25) is 9.59 Å². The quantitative estimate of drug-likeness (QED) is 0.626. The minimum absolute atomic E-state index is 0.0580. The van der Waals surface area contributed by atoms with Crippen LogP contribution >= 0.6 is 0 Å². The number of rotatable bonds is 5. The molecule has 3 amide bonds. The topological polar surface area (TPSA) is 93.1 Å². The molecule has 9 heteroatoms. The van der Waals surface area contributed by atoms with Crippen LogP contribution in [0.25, 0.3) is 10.9 Å². The van der Waals surface area contributed by atoms with Crippen LogP contribution in [0.5, 0.6) is 5.75 Å². The fourth-order valence-corrected chi connectivity index (χ4v) is 5.74. The summed E-state index contributed by atoms with van der Waals surface area (Å²) in [6.07, 6.45) is 4.52. The van der Waals surface area contributed by atoms with Crippen molar-refractivity contribution in [2.24, 2.45) is 13.0 Å². The first-order valence-electron chi connectivity index (χ1n) is 13.7. The second-order valence-corrected chi connectivity index (χ2v) is 11.7. The van der Waals surface area contributed by atoms with Crippen LogP contribution in [0.4, 0.5) is 4.79 Å². The maximum absolute atomic E-state index is 13.8. The Labute approximate surface area is 225 Å². The molecular weight excluding hydrogens is 484 g/mol. The molecule has 2 fully saturated rings. The molecule has 0 bridgehead atoms. The minimum atomic E-state index is -0.642. The third kappa shape index (κ3) is 6.08. The van der Waals surface area contributed by atoms with Crippen LogP contribution in [-0.2, 0) is 16.6 Å². The Kier molecular flexibility index (Phi) is 8.23. The summed E-state index contributed by atoms with van der Waals surface area (Å²) in [7, 11) is 3.51. The smallest absolute Gasteiger partial charge is 0.408 e. The number of carbonyl (C=O) groups is 3. The second kappa shape index (κ2) is 11.3. The van der Waals surface area contributed by atoms with Crippen molar-refractivity contribution in [1.29, 1.82) is 0 Å². The number of nitrogens with zero attached hydrogens (tertiary/aromatic N) is 3. The van der Waals surface area contributed by atoms with E-state index < -0.39 is 17.7 Å². The van der Waals surface area contributed by atoms with Gasteiger partial charge in [0.05, 0.1) is 12.6 Å². The number of ether oxygens (including phenoxy) is 2. The van der Waals surface area contributed by atoms with Crippen LogP contribution in [0.15, 0.2) is 24.3 Å². The highest BCUT2D eigenvalue weighted by atomic mass is 16.6. The molecule has 2 atom stereocenters. The fraction of sp³-hybridized carbons (Fsp3) is 0.621. The summed E-state index contributed by atoms with van der Waals surface area (Å²) in [6.45, 7) is 8.69. The first-order valence-corrected chi connectivity index (χ1v) is 13.7. The van der Waals surface area contributed by atoms with Crippen molar-refractivity contribution in [3.05, 3.63) is 30.0 Å². The molecule has 1 unspecified atom stereocenters. The number of nitrogens with one attached hydrogen (secondary N) is 1. The molecule has 2 aliphatic rings. The van der Waals surface area contributed by atoms with Crippen molar-refractivity contribution in [2.75, 3.05) is 26.7 Å². The zero-order valence-electron chi connectivity index (χ0n) is 23.6. The number of piperazine rings is 1. The van der Waals surface area contributed by atoms with Gasteiger partial charge in [0.2, 0.25) is 5.91 Å². The first kappa shape index (κ1) is 27.8. The van der Waals surface area contributed by atoms with Gasteiger partial charge in [-0.15, -0.1) is 0 Å². The molecule has 1 aromatic heterocycles. The maximum Gasteiger partial charge on any atom is 0.408 e. The molecular formula is C29H42N4O5. The van der Waals surface area contributed by atoms with Gasteiger partial charge < -0.3 is 29.2 Å². The Morgan fingerprint density at radius 2 is 1.76 bits per heavy atom. The molecule has 1 N–H and O–H groups in total. The molecule has 1 saturated heterocycles. The van der Waals surface area contributed by atoms with E-state index in [4.69, 9.17) is 9.47 Å². The maximum atomic E-state index is 13.8. The van der Waals surface area contributed by atoms with Crippen molar-refractivity contribution in [2.45, 2.75) is 77.5 Å². The van der Waals surface area contributed by atoms with E-state index in [0.29, 0.717) is 25.3 Å². The summed E-state index contributed by atoms with van der Waals surface area (Å²) >= 11 is 0. The number of aryl methyl sites for hydroxylation is 1. The summed E-state index contributed by atoms with van der Waals surface area (Å²) < 4.78 is 12.7. The first-order chi connectivity index (χ1) is 18.0. The molecule has 0 radical (unpaired) electrons. The van der Waals surface area contributed by atoms with Crippen LogP contribution in [0, 0.1) is 5.92 Å². The van der Waals surface area contributed by atoms with Gasteiger partial charge >= 0.3 is 6.09 Å². The number of aromatic nitrogens is 1. The van der Waals surface area contributed by atoms with E-state index in [2.05, 4.69) is 5.32 Å².